The second-order valence-electron chi connectivity index (χ2n) is 4.07. The van der Waals surface area contributed by atoms with Crippen molar-refractivity contribution in [1.29, 1.82) is 0 Å². The van der Waals surface area contributed by atoms with Crippen LogP contribution in [0.3, 0.4) is 0 Å². The van der Waals surface area contributed by atoms with Crippen molar-refractivity contribution in [3.8, 4) is 11.6 Å². The average Bonchev–Trinajstić information content (AvgIpc) is 2.33. The molecular formula is C13H12BrNO3S. The Morgan fingerprint density at radius 2 is 1.95 bits per heavy atom. The molecule has 0 saturated heterocycles. The number of halogens is 1. The van der Waals surface area contributed by atoms with E-state index in [2.05, 4.69) is 20.9 Å². The third-order valence-electron chi connectivity index (χ3n) is 2.45. The van der Waals surface area contributed by atoms with Gasteiger partial charge in [-0.05, 0) is 47.1 Å². The highest BCUT2D eigenvalue weighted by atomic mass is 79.9. The molecule has 0 radical (unpaired) electrons. The summed E-state index contributed by atoms with van der Waals surface area (Å²) in [6.45, 7) is 1.85. The van der Waals surface area contributed by atoms with Crippen LogP contribution in [0.4, 0.5) is 0 Å². The van der Waals surface area contributed by atoms with Crippen molar-refractivity contribution in [3.63, 3.8) is 0 Å². The lowest BCUT2D eigenvalue weighted by Gasteiger charge is -2.07. The Bertz CT molecular complexity index is 714. The molecule has 0 fully saturated rings. The minimum atomic E-state index is -3.24. The zero-order chi connectivity index (χ0) is 14.0. The third-order valence-corrected chi connectivity index (χ3v) is 4.40. The largest absolute Gasteiger partial charge is 0.439 e. The van der Waals surface area contributed by atoms with Crippen molar-refractivity contribution < 1.29 is 13.2 Å². The first-order valence-corrected chi connectivity index (χ1v) is 8.16. The highest BCUT2D eigenvalue weighted by Crippen LogP contribution is 2.24. The first kappa shape index (κ1) is 14.0. The van der Waals surface area contributed by atoms with E-state index < -0.39 is 9.84 Å². The van der Waals surface area contributed by atoms with E-state index in [-0.39, 0.29) is 4.90 Å². The predicted octanol–water partition coefficient (Wildman–Crippen LogP) is 3.35. The Kier molecular flexibility index (Phi) is 3.91. The molecule has 0 aliphatic carbocycles. The van der Waals surface area contributed by atoms with Crippen LogP contribution < -0.4 is 4.74 Å². The summed E-state index contributed by atoms with van der Waals surface area (Å²) in [5.41, 5.74) is 0.803. The fraction of sp³-hybridized carbons (Fsp3) is 0.154. The quantitative estimate of drug-likeness (QED) is 0.858. The van der Waals surface area contributed by atoms with Gasteiger partial charge in [-0.1, -0.05) is 6.07 Å². The molecule has 1 aromatic carbocycles. The maximum atomic E-state index is 11.5. The van der Waals surface area contributed by atoms with E-state index in [1.54, 1.807) is 18.2 Å². The van der Waals surface area contributed by atoms with Crippen molar-refractivity contribution in [3.05, 3.63) is 46.6 Å². The Hall–Kier alpha value is -1.40. The van der Waals surface area contributed by atoms with Crippen molar-refractivity contribution in [2.75, 3.05) is 6.26 Å². The van der Waals surface area contributed by atoms with E-state index in [1.165, 1.54) is 12.1 Å². The number of nitrogens with zero attached hydrogens (tertiary/aromatic N) is 1. The second-order valence-corrected chi connectivity index (χ2v) is 6.94. The van der Waals surface area contributed by atoms with E-state index in [4.69, 9.17) is 4.74 Å². The van der Waals surface area contributed by atoms with E-state index in [9.17, 15) is 8.42 Å². The fourth-order valence-electron chi connectivity index (χ4n) is 1.47. The zero-order valence-electron chi connectivity index (χ0n) is 10.4. The minimum absolute atomic E-state index is 0.221. The van der Waals surface area contributed by atoms with Crippen LogP contribution in [0.1, 0.15) is 5.69 Å². The number of pyridine rings is 1. The molecule has 100 valence electrons. The van der Waals surface area contributed by atoms with Crippen molar-refractivity contribution >= 4 is 25.8 Å². The third kappa shape index (κ3) is 3.54. The monoisotopic (exact) mass is 341 g/mol. The molecule has 0 aliphatic heterocycles. The van der Waals surface area contributed by atoms with Crippen LogP contribution in [0.5, 0.6) is 11.6 Å². The number of benzene rings is 1. The molecule has 0 saturated carbocycles. The molecule has 0 bridgehead atoms. The summed E-state index contributed by atoms with van der Waals surface area (Å²) >= 11 is 3.36. The van der Waals surface area contributed by atoms with Crippen LogP contribution in [-0.2, 0) is 9.84 Å². The van der Waals surface area contributed by atoms with Gasteiger partial charge < -0.3 is 4.74 Å². The molecule has 1 heterocycles. The average molecular weight is 342 g/mol. The van der Waals surface area contributed by atoms with Crippen LogP contribution in [0, 0.1) is 6.92 Å². The van der Waals surface area contributed by atoms with E-state index >= 15 is 0 Å². The lowest BCUT2D eigenvalue weighted by molar-refractivity contribution is 0.460. The van der Waals surface area contributed by atoms with E-state index in [1.807, 2.05) is 13.0 Å². The number of ether oxygens (including phenoxy) is 1. The molecule has 4 nitrogen and oxygen atoms in total. The number of hydrogen-bond donors (Lipinski definition) is 0. The second kappa shape index (κ2) is 5.30. The molecule has 0 unspecified atom stereocenters. The summed E-state index contributed by atoms with van der Waals surface area (Å²) in [6, 6.07) is 9.88. The molecule has 2 rings (SSSR count). The molecule has 6 heteroatoms. The predicted molar refractivity (Wildman–Crippen MR) is 76.3 cm³/mol. The summed E-state index contributed by atoms with van der Waals surface area (Å²) in [6.07, 6.45) is 1.16. The summed E-state index contributed by atoms with van der Waals surface area (Å²) < 4.78 is 29.4. The van der Waals surface area contributed by atoms with E-state index in [0.717, 1.165) is 16.4 Å². The normalized spacial score (nSPS) is 11.3. The number of sulfone groups is 1. The van der Waals surface area contributed by atoms with Gasteiger partial charge in [0.25, 0.3) is 0 Å². The summed E-state index contributed by atoms with van der Waals surface area (Å²) in [7, 11) is -3.24. The molecule has 2 aromatic rings. The van der Waals surface area contributed by atoms with Gasteiger partial charge in [-0.15, -0.1) is 0 Å². The lowest BCUT2D eigenvalue weighted by Crippen LogP contribution is -1.97. The Morgan fingerprint density at radius 1 is 1.21 bits per heavy atom. The molecule has 0 atom stereocenters. The standard InChI is InChI=1S/C13H12BrNO3S/c1-9-12(14)6-7-13(15-9)18-10-4-3-5-11(8-10)19(2,16)17/h3-8H,1-2H3. The van der Waals surface area contributed by atoms with Gasteiger partial charge in [0.15, 0.2) is 9.84 Å². The number of rotatable bonds is 3. The number of aromatic nitrogens is 1. The van der Waals surface area contributed by atoms with Crippen LogP contribution in [0.2, 0.25) is 0 Å². The summed E-state index contributed by atoms with van der Waals surface area (Å²) in [5, 5.41) is 0. The Morgan fingerprint density at radius 3 is 2.58 bits per heavy atom. The van der Waals surface area contributed by atoms with Gasteiger partial charge in [0.2, 0.25) is 5.88 Å². The van der Waals surface area contributed by atoms with Gasteiger partial charge in [0, 0.05) is 16.8 Å². The van der Waals surface area contributed by atoms with E-state index in [0.29, 0.717) is 11.6 Å². The Balaban J connectivity index is 2.31. The van der Waals surface area contributed by atoms with Crippen molar-refractivity contribution in [2.45, 2.75) is 11.8 Å². The molecule has 0 aliphatic rings. The first-order chi connectivity index (χ1) is 8.86. The smallest absolute Gasteiger partial charge is 0.219 e. The summed E-state index contributed by atoms with van der Waals surface area (Å²) in [4.78, 5) is 4.46. The fourth-order valence-corrected chi connectivity index (χ4v) is 2.34. The molecule has 0 spiro atoms. The lowest BCUT2D eigenvalue weighted by atomic mass is 10.3. The first-order valence-electron chi connectivity index (χ1n) is 5.47. The topological polar surface area (TPSA) is 56.3 Å². The molecule has 0 amide bonds. The van der Waals surface area contributed by atoms with Gasteiger partial charge in [0.05, 0.1) is 10.6 Å². The van der Waals surface area contributed by atoms with Crippen molar-refractivity contribution in [1.82, 2.24) is 4.98 Å². The molecule has 0 N–H and O–H groups in total. The Labute approximate surface area is 120 Å². The van der Waals surface area contributed by atoms with Crippen LogP contribution in [0.25, 0.3) is 0 Å². The maximum absolute atomic E-state index is 11.5. The van der Waals surface area contributed by atoms with Crippen LogP contribution in [0.15, 0.2) is 45.8 Å². The molecule has 19 heavy (non-hydrogen) atoms. The maximum Gasteiger partial charge on any atom is 0.219 e. The molecule has 1 aromatic heterocycles. The minimum Gasteiger partial charge on any atom is -0.439 e. The van der Waals surface area contributed by atoms with Gasteiger partial charge in [-0.3, -0.25) is 0 Å². The van der Waals surface area contributed by atoms with Gasteiger partial charge >= 0.3 is 0 Å². The van der Waals surface area contributed by atoms with Crippen LogP contribution >= 0.6 is 15.9 Å². The van der Waals surface area contributed by atoms with Gasteiger partial charge in [-0.2, -0.15) is 0 Å². The highest BCUT2D eigenvalue weighted by molar-refractivity contribution is 9.10. The number of hydrogen-bond acceptors (Lipinski definition) is 4. The zero-order valence-corrected chi connectivity index (χ0v) is 12.8. The number of aryl methyl sites for hydroxylation is 1. The van der Waals surface area contributed by atoms with Crippen LogP contribution in [-0.4, -0.2) is 19.7 Å². The highest BCUT2D eigenvalue weighted by Gasteiger charge is 2.09. The van der Waals surface area contributed by atoms with Gasteiger partial charge in [-0.25, -0.2) is 13.4 Å². The van der Waals surface area contributed by atoms with Gasteiger partial charge in [0.1, 0.15) is 5.75 Å². The van der Waals surface area contributed by atoms with Crippen molar-refractivity contribution in [2.24, 2.45) is 0 Å². The molecular weight excluding hydrogens is 330 g/mol. The summed E-state index contributed by atoms with van der Waals surface area (Å²) in [5.74, 6) is 0.864. The SMILES string of the molecule is Cc1nc(Oc2cccc(S(C)(=O)=O)c2)ccc1Br.